The molecule has 0 bridgehead atoms. The van der Waals surface area contributed by atoms with Crippen LogP contribution in [0.4, 0.5) is 4.79 Å². The predicted octanol–water partition coefficient (Wildman–Crippen LogP) is -0.761. The maximum atomic E-state index is 11.6. The maximum absolute atomic E-state index is 11.6. The Labute approximate surface area is 93.2 Å². The van der Waals surface area contributed by atoms with Gasteiger partial charge in [-0.2, -0.15) is 0 Å². The van der Waals surface area contributed by atoms with Crippen LogP contribution in [0, 0.1) is 12.3 Å². The first-order valence-electron chi connectivity index (χ1n) is 4.95. The summed E-state index contributed by atoms with van der Waals surface area (Å²) in [5, 5.41) is 20.7. The van der Waals surface area contributed by atoms with E-state index >= 15 is 0 Å². The van der Waals surface area contributed by atoms with Crippen molar-refractivity contribution in [2.24, 2.45) is 0 Å². The Balaban J connectivity index is 2.54. The monoisotopic (exact) mass is 226 g/mol. The normalized spacial score (nSPS) is 23.9. The molecule has 6 nitrogen and oxygen atoms in total. The Bertz CT molecular complexity index is 323. The number of likely N-dealkylation sites (tertiary alicyclic amines) is 1. The fourth-order valence-electron chi connectivity index (χ4n) is 1.62. The van der Waals surface area contributed by atoms with Gasteiger partial charge >= 0.3 is 12.0 Å². The fraction of sp³-hybridized carbons (Fsp3) is 0.600. The van der Waals surface area contributed by atoms with Crippen molar-refractivity contribution in [1.29, 1.82) is 0 Å². The first kappa shape index (κ1) is 12.3. The number of β-amino-alcohol motifs (C(OH)–C–C–N with tert-alkyl or cyclic N) is 1. The zero-order valence-corrected chi connectivity index (χ0v) is 8.72. The van der Waals surface area contributed by atoms with Crippen LogP contribution in [0.25, 0.3) is 0 Å². The van der Waals surface area contributed by atoms with Gasteiger partial charge in [-0.3, -0.25) is 0 Å². The van der Waals surface area contributed by atoms with E-state index < -0.39 is 24.1 Å². The number of urea groups is 1. The van der Waals surface area contributed by atoms with Crippen molar-refractivity contribution in [3.8, 4) is 12.3 Å². The second-order valence-electron chi connectivity index (χ2n) is 3.58. The minimum Gasteiger partial charge on any atom is -0.480 e. The number of nitrogens with zero attached hydrogens (tertiary/aromatic N) is 1. The number of rotatable bonds is 3. The number of carboxylic acid groups (broad SMARTS) is 1. The van der Waals surface area contributed by atoms with Crippen molar-refractivity contribution in [2.75, 3.05) is 13.1 Å². The molecule has 0 spiro atoms. The number of terminal acetylenes is 1. The SMILES string of the molecule is C#CCCNC(=O)N1CC(O)CC1C(=O)O. The zero-order valence-electron chi connectivity index (χ0n) is 8.72. The van der Waals surface area contributed by atoms with E-state index in [4.69, 9.17) is 11.5 Å². The molecule has 0 aromatic heterocycles. The average molecular weight is 226 g/mol. The molecule has 0 radical (unpaired) electrons. The smallest absolute Gasteiger partial charge is 0.326 e. The molecule has 1 aliphatic heterocycles. The molecule has 1 aliphatic rings. The van der Waals surface area contributed by atoms with Crippen LogP contribution in [0.1, 0.15) is 12.8 Å². The number of hydrogen-bond donors (Lipinski definition) is 3. The molecule has 16 heavy (non-hydrogen) atoms. The highest BCUT2D eigenvalue weighted by Gasteiger charge is 2.38. The summed E-state index contributed by atoms with van der Waals surface area (Å²) in [5.41, 5.74) is 0. The van der Waals surface area contributed by atoms with E-state index in [1.807, 2.05) is 0 Å². The molecule has 1 rings (SSSR count). The third kappa shape index (κ3) is 2.87. The van der Waals surface area contributed by atoms with Crippen LogP contribution in [0.5, 0.6) is 0 Å². The van der Waals surface area contributed by atoms with E-state index in [1.165, 1.54) is 0 Å². The van der Waals surface area contributed by atoms with E-state index in [9.17, 15) is 14.7 Å². The van der Waals surface area contributed by atoms with Crippen LogP contribution in [-0.4, -0.2) is 52.3 Å². The Hall–Kier alpha value is -1.74. The number of carbonyl (C=O) groups excluding carboxylic acids is 1. The van der Waals surface area contributed by atoms with Gasteiger partial charge in [-0.05, 0) is 0 Å². The molecular weight excluding hydrogens is 212 g/mol. The molecule has 1 saturated heterocycles. The molecule has 2 unspecified atom stereocenters. The van der Waals surface area contributed by atoms with Crippen molar-refractivity contribution >= 4 is 12.0 Å². The number of nitrogens with one attached hydrogen (secondary N) is 1. The summed E-state index contributed by atoms with van der Waals surface area (Å²) in [6.45, 7) is 0.340. The Kier molecular flexibility index (Phi) is 4.14. The third-order valence-electron chi connectivity index (χ3n) is 2.37. The number of amides is 2. The summed E-state index contributed by atoms with van der Waals surface area (Å²) in [4.78, 5) is 23.5. The Morgan fingerprint density at radius 3 is 2.81 bits per heavy atom. The molecule has 2 atom stereocenters. The van der Waals surface area contributed by atoms with E-state index in [-0.39, 0.29) is 13.0 Å². The van der Waals surface area contributed by atoms with Gasteiger partial charge in [0.2, 0.25) is 0 Å². The molecule has 1 heterocycles. The largest absolute Gasteiger partial charge is 0.480 e. The summed E-state index contributed by atoms with van der Waals surface area (Å²) < 4.78 is 0. The van der Waals surface area contributed by atoms with Crippen molar-refractivity contribution in [3.05, 3.63) is 0 Å². The molecule has 0 aromatic carbocycles. The number of carbonyl (C=O) groups is 2. The van der Waals surface area contributed by atoms with Crippen molar-refractivity contribution in [3.63, 3.8) is 0 Å². The summed E-state index contributed by atoms with van der Waals surface area (Å²) in [6, 6.07) is -1.46. The highest BCUT2D eigenvalue weighted by atomic mass is 16.4. The van der Waals surface area contributed by atoms with Gasteiger partial charge in [-0.1, -0.05) is 0 Å². The van der Waals surface area contributed by atoms with Crippen LogP contribution in [0.2, 0.25) is 0 Å². The maximum Gasteiger partial charge on any atom is 0.326 e. The van der Waals surface area contributed by atoms with Crippen molar-refractivity contribution < 1.29 is 19.8 Å². The number of hydrogen-bond acceptors (Lipinski definition) is 3. The minimum absolute atomic E-state index is 0.0405. The van der Waals surface area contributed by atoms with Crippen LogP contribution >= 0.6 is 0 Å². The lowest BCUT2D eigenvalue weighted by atomic mass is 10.2. The van der Waals surface area contributed by atoms with E-state index in [0.717, 1.165) is 4.90 Å². The van der Waals surface area contributed by atoms with Gasteiger partial charge in [0.1, 0.15) is 6.04 Å². The van der Waals surface area contributed by atoms with Crippen LogP contribution in [-0.2, 0) is 4.79 Å². The van der Waals surface area contributed by atoms with Gasteiger partial charge < -0.3 is 20.4 Å². The predicted molar refractivity (Wildman–Crippen MR) is 55.6 cm³/mol. The molecule has 2 amide bonds. The second kappa shape index (κ2) is 5.37. The summed E-state index contributed by atoms with van der Waals surface area (Å²) >= 11 is 0. The molecule has 0 saturated carbocycles. The van der Waals surface area contributed by atoms with E-state index in [2.05, 4.69) is 11.2 Å². The van der Waals surface area contributed by atoms with Crippen molar-refractivity contribution in [1.82, 2.24) is 10.2 Å². The third-order valence-corrected chi connectivity index (χ3v) is 2.37. The van der Waals surface area contributed by atoms with Crippen LogP contribution in [0.15, 0.2) is 0 Å². The van der Waals surface area contributed by atoms with Crippen LogP contribution < -0.4 is 5.32 Å². The van der Waals surface area contributed by atoms with E-state index in [0.29, 0.717) is 13.0 Å². The average Bonchev–Trinajstić information content (AvgIpc) is 2.61. The van der Waals surface area contributed by atoms with Crippen LogP contribution in [0.3, 0.4) is 0 Å². The highest BCUT2D eigenvalue weighted by Crippen LogP contribution is 2.17. The summed E-state index contributed by atoms with van der Waals surface area (Å²) in [7, 11) is 0. The minimum atomic E-state index is -1.11. The number of carboxylic acids is 1. The van der Waals surface area contributed by atoms with Crippen molar-refractivity contribution in [2.45, 2.75) is 25.0 Å². The van der Waals surface area contributed by atoms with E-state index in [1.54, 1.807) is 0 Å². The zero-order chi connectivity index (χ0) is 12.1. The number of aliphatic carboxylic acids is 1. The number of aliphatic hydroxyl groups is 1. The molecule has 1 fully saturated rings. The Morgan fingerprint density at radius 1 is 1.56 bits per heavy atom. The molecule has 3 N–H and O–H groups in total. The molecule has 0 aromatic rings. The quantitative estimate of drug-likeness (QED) is 0.436. The van der Waals surface area contributed by atoms with Gasteiger partial charge in [0.25, 0.3) is 0 Å². The molecule has 88 valence electrons. The van der Waals surface area contributed by atoms with Gasteiger partial charge in [0, 0.05) is 25.9 Å². The number of aliphatic hydroxyl groups excluding tert-OH is 1. The van der Waals surface area contributed by atoms with Gasteiger partial charge in [0.05, 0.1) is 6.10 Å². The lowest BCUT2D eigenvalue weighted by Gasteiger charge is -2.21. The molecule has 0 aliphatic carbocycles. The summed E-state index contributed by atoms with van der Waals surface area (Å²) in [6.07, 6.45) is 4.69. The lowest BCUT2D eigenvalue weighted by molar-refractivity contribution is -0.141. The topological polar surface area (TPSA) is 89.9 Å². The van der Waals surface area contributed by atoms with Gasteiger partial charge in [-0.25, -0.2) is 9.59 Å². The first-order chi connectivity index (χ1) is 7.56. The summed E-state index contributed by atoms with van der Waals surface area (Å²) in [5.74, 6) is 1.25. The second-order valence-corrected chi connectivity index (χ2v) is 3.58. The molecular formula is C10H14N2O4. The standard InChI is InChI=1S/C10H14N2O4/c1-2-3-4-11-10(16)12-6-7(13)5-8(12)9(14)15/h1,7-8,13H,3-6H2,(H,11,16)(H,14,15). The Morgan fingerprint density at radius 2 is 2.25 bits per heavy atom. The molecule has 6 heteroatoms. The lowest BCUT2D eigenvalue weighted by Crippen LogP contribution is -2.46. The highest BCUT2D eigenvalue weighted by molar-refractivity contribution is 5.83. The van der Waals surface area contributed by atoms with Gasteiger partial charge in [-0.15, -0.1) is 12.3 Å². The van der Waals surface area contributed by atoms with Gasteiger partial charge in [0.15, 0.2) is 0 Å². The first-order valence-corrected chi connectivity index (χ1v) is 4.95. The fourth-order valence-corrected chi connectivity index (χ4v) is 1.62.